The van der Waals surface area contributed by atoms with E-state index in [-0.39, 0.29) is 5.78 Å². The Balaban J connectivity index is 2.13. The number of hydrogen-bond acceptors (Lipinski definition) is 5. The number of benzene rings is 2. The van der Waals surface area contributed by atoms with Crippen LogP contribution in [0, 0.1) is 0 Å². The van der Waals surface area contributed by atoms with Crippen LogP contribution in [-0.2, 0) is 6.42 Å². The van der Waals surface area contributed by atoms with Crippen LogP contribution in [0.15, 0.2) is 36.4 Å². The van der Waals surface area contributed by atoms with E-state index in [2.05, 4.69) is 0 Å². The molecular weight excluding hydrogens is 308 g/mol. The summed E-state index contributed by atoms with van der Waals surface area (Å²) in [6, 6.07) is 11.1. The first-order valence-electron chi connectivity index (χ1n) is 7.59. The van der Waals surface area contributed by atoms with Gasteiger partial charge < -0.3 is 18.9 Å². The third kappa shape index (κ3) is 3.98. The molecule has 0 fully saturated rings. The van der Waals surface area contributed by atoms with Gasteiger partial charge in [0.15, 0.2) is 17.3 Å². The van der Waals surface area contributed by atoms with Gasteiger partial charge in [0.25, 0.3) is 0 Å². The minimum absolute atomic E-state index is 0.0186. The summed E-state index contributed by atoms with van der Waals surface area (Å²) in [6.45, 7) is 0. The Morgan fingerprint density at radius 1 is 0.833 bits per heavy atom. The molecule has 0 N–H and O–H groups in total. The van der Waals surface area contributed by atoms with Gasteiger partial charge in [-0.05, 0) is 36.2 Å². The average Bonchev–Trinajstić information content (AvgIpc) is 2.65. The highest BCUT2D eigenvalue weighted by Crippen LogP contribution is 2.38. The first-order chi connectivity index (χ1) is 11.6. The Kier molecular flexibility index (Phi) is 6.07. The van der Waals surface area contributed by atoms with Gasteiger partial charge in [0.1, 0.15) is 5.75 Å². The van der Waals surface area contributed by atoms with Gasteiger partial charge in [0, 0.05) is 12.0 Å². The summed E-state index contributed by atoms with van der Waals surface area (Å²) in [4.78, 5) is 12.5. The van der Waals surface area contributed by atoms with Gasteiger partial charge in [0.2, 0.25) is 5.75 Å². The van der Waals surface area contributed by atoms with E-state index in [0.717, 1.165) is 11.3 Å². The lowest BCUT2D eigenvalue weighted by molar-refractivity contribution is 0.0982. The molecule has 0 radical (unpaired) electrons. The molecule has 0 amide bonds. The predicted molar refractivity (Wildman–Crippen MR) is 91.7 cm³/mol. The second-order valence-electron chi connectivity index (χ2n) is 5.19. The normalized spacial score (nSPS) is 10.2. The molecule has 0 bridgehead atoms. The van der Waals surface area contributed by atoms with Crippen molar-refractivity contribution in [2.75, 3.05) is 28.4 Å². The summed E-state index contributed by atoms with van der Waals surface area (Å²) < 4.78 is 21.0. The molecule has 128 valence electrons. The maximum Gasteiger partial charge on any atom is 0.203 e. The van der Waals surface area contributed by atoms with Gasteiger partial charge >= 0.3 is 0 Å². The quantitative estimate of drug-likeness (QED) is 0.693. The smallest absolute Gasteiger partial charge is 0.203 e. The number of aryl methyl sites for hydroxylation is 1. The predicted octanol–water partition coefficient (Wildman–Crippen LogP) is 3.54. The van der Waals surface area contributed by atoms with Gasteiger partial charge in [-0.1, -0.05) is 12.1 Å². The third-order valence-electron chi connectivity index (χ3n) is 3.79. The third-order valence-corrected chi connectivity index (χ3v) is 3.79. The van der Waals surface area contributed by atoms with E-state index in [1.165, 1.54) is 21.3 Å². The van der Waals surface area contributed by atoms with Crippen LogP contribution in [0.25, 0.3) is 0 Å². The van der Waals surface area contributed by atoms with Crippen molar-refractivity contribution in [3.05, 3.63) is 47.5 Å². The number of rotatable bonds is 8. The topological polar surface area (TPSA) is 54.0 Å². The molecule has 0 atom stereocenters. The number of carbonyl (C=O) groups is 1. The van der Waals surface area contributed by atoms with E-state index >= 15 is 0 Å². The van der Waals surface area contributed by atoms with Crippen LogP contribution >= 0.6 is 0 Å². The molecule has 2 aromatic rings. The maximum atomic E-state index is 12.5. The van der Waals surface area contributed by atoms with Crippen molar-refractivity contribution < 1.29 is 23.7 Å². The molecule has 0 unspecified atom stereocenters. The zero-order chi connectivity index (χ0) is 17.5. The van der Waals surface area contributed by atoms with E-state index in [4.69, 9.17) is 18.9 Å². The largest absolute Gasteiger partial charge is 0.497 e. The van der Waals surface area contributed by atoms with Crippen molar-refractivity contribution in [1.82, 2.24) is 0 Å². The number of methoxy groups -OCH3 is 4. The lowest BCUT2D eigenvalue weighted by atomic mass is 10.0. The van der Waals surface area contributed by atoms with Crippen molar-refractivity contribution in [2.45, 2.75) is 12.8 Å². The van der Waals surface area contributed by atoms with E-state index < -0.39 is 0 Å². The Hall–Kier alpha value is -2.69. The van der Waals surface area contributed by atoms with E-state index in [1.807, 2.05) is 24.3 Å². The second-order valence-corrected chi connectivity index (χ2v) is 5.19. The van der Waals surface area contributed by atoms with Crippen LogP contribution in [0.1, 0.15) is 22.3 Å². The molecule has 0 aliphatic carbocycles. The monoisotopic (exact) mass is 330 g/mol. The Bertz CT molecular complexity index is 666. The lowest BCUT2D eigenvalue weighted by Crippen LogP contribution is -2.04. The molecule has 0 aromatic heterocycles. The summed E-state index contributed by atoms with van der Waals surface area (Å²) in [5, 5.41) is 0. The molecule has 5 nitrogen and oxygen atoms in total. The van der Waals surface area contributed by atoms with Crippen molar-refractivity contribution in [3.63, 3.8) is 0 Å². The summed E-state index contributed by atoms with van der Waals surface area (Å²) in [6.07, 6.45) is 1.05. The maximum absolute atomic E-state index is 12.5. The lowest BCUT2D eigenvalue weighted by Gasteiger charge is -2.13. The summed E-state index contributed by atoms with van der Waals surface area (Å²) in [5.74, 6) is 2.25. The van der Waals surface area contributed by atoms with E-state index in [1.54, 1.807) is 19.2 Å². The minimum atomic E-state index is 0.0186. The molecule has 0 saturated carbocycles. The fourth-order valence-corrected chi connectivity index (χ4v) is 2.44. The second kappa shape index (κ2) is 8.24. The van der Waals surface area contributed by atoms with Crippen LogP contribution in [0.4, 0.5) is 0 Å². The van der Waals surface area contributed by atoms with Gasteiger partial charge in [0.05, 0.1) is 28.4 Å². The minimum Gasteiger partial charge on any atom is -0.497 e. The van der Waals surface area contributed by atoms with Crippen LogP contribution in [0.3, 0.4) is 0 Å². The fraction of sp³-hybridized carbons (Fsp3) is 0.316. The van der Waals surface area contributed by atoms with Crippen LogP contribution in [0.2, 0.25) is 0 Å². The number of Topliss-reactive ketones (excluding diaryl/α,β-unsaturated/α-hetero) is 1. The molecule has 2 aromatic carbocycles. The van der Waals surface area contributed by atoms with Crippen molar-refractivity contribution in [2.24, 2.45) is 0 Å². The van der Waals surface area contributed by atoms with Gasteiger partial charge in [-0.25, -0.2) is 0 Å². The number of hydrogen-bond donors (Lipinski definition) is 0. The summed E-state index contributed by atoms with van der Waals surface area (Å²) in [7, 11) is 6.22. The highest BCUT2D eigenvalue weighted by Gasteiger charge is 2.16. The molecule has 24 heavy (non-hydrogen) atoms. The number of ether oxygens (including phenoxy) is 4. The first kappa shape index (κ1) is 17.7. The zero-order valence-corrected chi connectivity index (χ0v) is 14.4. The highest BCUT2D eigenvalue weighted by atomic mass is 16.5. The first-order valence-corrected chi connectivity index (χ1v) is 7.59. The Labute approximate surface area is 142 Å². The highest BCUT2D eigenvalue weighted by molar-refractivity contribution is 5.97. The zero-order valence-electron chi connectivity index (χ0n) is 14.4. The Morgan fingerprint density at radius 3 is 1.88 bits per heavy atom. The standard InChI is InChI=1S/C19H22O5/c1-21-15-8-5-13(6-9-15)7-10-16(20)14-11-17(22-2)19(24-4)18(12-14)23-3/h5-6,8-9,11-12H,7,10H2,1-4H3. The van der Waals surface area contributed by atoms with Gasteiger partial charge in [-0.3, -0.25) is 4.79 Å². The molecule has 0 saturated heterocycles. The molecule has 0 aliphatic rings. The van der Waals surface area contributed by atoms with E-state index in [0.29, 0.717) is 35.7 Å². The summed E-state index contributed by atoms with van der Waals surface area (Å²) in [5.41, 5.74) is 1.62. The van der Waals surface area contributed by atoms with E-state index in [9.17, 15) is 4.79 Å². The average molecular weight is 330 g/mol. The molecular formula is C19H22O5. The Morgan fingerprint density at radius 2 is 1.42 bits per heavy atom. The van der Waals surface area contributed by atoms with Crippen molar-refractivity contribution in [1.29, 1.82) is 0 Å². The molecule has 0 heterocycles. The number of carbonyl (C=O) groups excluding carboxylic acids is 1. The van der Waals surface area contributed by atoms with Crippen LogP contribution < -0.4 is 18.9 Å². The molecule has 2 rings (SSSR count). The number of ketones is 1. The van der Waals surface area contributed by atoms with Gasteiger partial charge in [-0.15, -0.1) is 0 Å². The van der Waals surface area contributed by atoms with Crippen molar-refractivity contribution >= 4 is 5.78 Å². The van der Waals surface area contributed by atoms with Crippen LogP contribution in [0.5, 0.6) is 23.0 Å². The molecule has 0 aliphatic heterocycles. The fourth-order valence-electron chi connectivity index (χ4n) is 2.44. The van der Waals surface area contributed by atoms with Crippen molar-refractivity contribution in [3.8, 4) is 23.0 Å². The summed E-state index contributed by atoms with van der Waals surface area (Å²) >= 11 is 0. The molecule has 5 heteroatoms. The SMILES string of the molecule is COc1ccc(CCC(=O)c2cc(OC)c(OC)c(OC)c2)cc1. The molecule has 0 spiro atoms. The van der Waals surface area contributed by atoms with Crippen LogP contribution in [-0.4, -0.2) is 34.2 Å². The van der Waals surface area contributed by atoms with Gasteiger partial charge in [-0.2, -0.15) is 0 Å².